The lowest BCUT2D eigenvalue weighted by Gasteiger charge is -2.12. The molecule has 1 aromatic heterocycles. The number of aryl methyl sites for hydroxylation is 1. The lowest BCUT2D eigenvalue weighted by Crippen LogP contribution is -2.28. The number of aromatic carboxylic acids is 1. The number of carboxylic acids is 1. The first-order chi connectivity index (χ1) is 7.99. The minimum Gasteiger partial charge on any atom is -0.475 e. The maximum Gasteiger partial charge on any atom is 0.371 e. The predicted molar refractivity (Wildman–Crippen MR) is 55.2 cm³/mol. The molecule has 0 unspecified atom stereocenters. The van der Waals surface area contributed by atoms with Gasteiger partial charge in [0.1, 0.15) is 5.76 Å². The zero-order valence-electron chi connectivity index (χ0n) is 9.23. The summed E-state index contributed by atoms with van der Waals surface area (Å²) in [6, 6.07) is 1.34. The third kappa shape index (κ3) is 2.06. The third-order valence-corrected chi connectivity index (χ3v) is 2.71. The van der Waals surface area contributed by atoms with Gasteiger partial charge < -0.3 is 9.52 Å². The van der Waals surface area contributed by atoms with Gasteiger partial charge in [-0.25, -0.2) is 4.79 Å². The van der Waals surface area contributed by atoms with E-state index in [9.17, 15) is 14.4 Å². The van der Waals surface area contributed by atoms with E-state index in [1.54, 1.807) is 6.92 Å². The summed E-state index contributed by atoms with van der Waals surface area (Å²) in [5, 5.41) is 8.75. The summed E-state index contributed by atoms with van der Waals surface area (Å²) in [6.07, 6.45) is 0.447. The molecule has 1 aliphatic rings. The number of amides is 2. The summed E-state index contributed by atoms with van der Waals surface area (Å²) in [7, 11) is 0. The molecule has 0 atom stereocenters. The van der Waals surface area contributed by atoms with Gasteiger partial charge >= 0.3 is 5.97 Å². The van der Waals surface area contributed by atoms with Crippen molar-refractivity contribution in [2.24, 2.45) is 0 Å². The summed E-state index contributed by atoms with van der Waals surface area (Å²) in [4.78, 5) is 34.6. The first-order valence-corrected chi connectivity index (χ1v) is 5.15. The molecule has 6 nitrogen and oxygen atoms in total. The quantitative estimate of drug-likeness (QED) is 0.790. The summed E-state index contributed by atoms with van der Waals surface area (Å²) in [6.45, 7) is 1.69. The molecular formula is C11H11NO5. The van der Waals surface area contributed by atoms with E-state index in [2.05, 4.69) is 0 Å². The molecule has 0 bridgehead atoms. The normalized spacial score (nSPS) is 15.7. The highest BCUT2D eigenvalue weighted by atomic mass is 16.4. The number of imide groups is 1. The first-order valence-electron chi connectivity index (χ1n) is 5.15. The van der Waals surface area contributed by atoms with Crippen molar-refractivity contribution in [2.75, 3.05) is 0 Å². The third-order valence-electron chi connectivity index (χ3n) is 2.71. The van der Waals surface area contributed by atoms with E-state index in [1.165, 1.54) is 6.07 Å². The van der Waals surface area contributed by atoms with Crippen molar-refractivity contribution >= 4 is 17.8 Å². The molecule has 1 N–H and O–H groups in total. The Morgan fingerprint density at radius 1 is 1.41 bits per heavy atom. The van der Waals surface area contributed by atoms with Gasteiger partial charge in [-0.15, -0.1) is 0 Å². The van der Waals surface area contributed by atoms with Crippen molar-refractivity contribution in [3.63, 3.8) is 0 Å². The highest BCUT2D eigenvalue weighted by Gasteiger charge is 2.30. The van der Waals surface area contributed by atoms with Gasteiger partial charge in [0.25, 0.3) is 0 Å². The van der Waals surface area contributed by atoms with E-state index < -0.39 is 5.97 Å². The highest BCUT2D eigenvalue weighted by Crippen LogP contribution is 2.20. The van der Waals surface area contributed by atoms with E-state index in [-0.39, 0.29) is 37.0 Å². The molecule has 90 valence electrons. The second-order valence-electron chi connectivity index (χ2n) is 3.87. The molecule has 1 aliphatic heterocycles. The van der Waals surface area contributed by atoms with Gasteiger partial charge in [-0.1, -0.05) is 0 Å². The number of carboxylic acid groups (broad SMARTS) is 1. The number of likely N-dealkylation sites (tertiary alicyclic amines) is 1. The van der Waals surface area contributed by atoms with Gasteiger partial charge in [-0.05, 0) is 13.0 Å². The van der Waals surface area contributed by atoms with Crippen molar-refractivity contribution in [2.45, 2.75) is 26.3 Å². The van der Waals surface area contributed by atoms with Crippen molar-refractivity contribution in [3.8, 4) is 0 Å². The Morgan fingerprint density at radius 3 is 2.47 bits per heavy atom. The van der Waals surface area contributed by atoms with Gasteiger partial charge in [0.15, 0.2) is 0 Å². The molecule has 0 radical (unpaired) electrons. The smallest absolute Gasteiger partial charge is 0.371 e. The predicted octanol–water partition coefficient (Wildman–Crippen LogP) is 0.935. The molecule has 17 heavy (non-hydrogen) atoms. The Bertz CT molecular complexity index is 486. The molecule has 1 fully saturated rings. The second-order valence-corrected chi connectivity index (χ2v) is 3.87. The molecule has 0 aromatic carbocycles. The first kappa shape index (κ1) is 11.4. The standard InChI is InChI=1S/C11H11NO5/c1-6-7(4-8(17-6)11(15)16)5-12-9(13)2-3-10(12)14/h4H,2-3,5H2,1H3,(H,15,16). The van der Waals surface area contributed by atoms with Crippen molar-refractivity contribution in [1.29, 1.82) is 0 Å². The van der Waals surface area contributed by atoms with E-state index in [0.29, 0.717) is 11.3 Å². The average Bonchev–Trinajstić information content (AvgIpc) is 2.77. The van der Waals surface area contributed by atoms with Gasteiger partial charge in [-0.2, -0.15) is 0 Å². The zero-order valence-corrected chi connectivity index (χ0v) is 9.23. The topological polar surface area (TPSA) is 87.8 Å². The summed E-state index contributed by atoms with van der Waals surface area (Å²) >= 11 is 0. The zero-order chi connectivity index (χ0) is 12.6. The van der Waals surface area contributed by atoms with Crippen LogP contribution in [0.25, 0.3) is 0 Å². The Balaban J connectivity index is 2.21. The van der Waals surface area contributed by atoms with Crippen LogP contribution in [0.3, 0.4) is 0 Å². The number of carbonyl (C=O) groups excluding carboxylic acids is 2. The van der Waals surface area contributed by atoms with Crippen molar-refractivity contribution < 1.29 is 23.9 Å². The van der Waals surface area contributed by atoms with Crippen LogP contribution < -0.4 is 0 Å². The van der Waals surface area contributed by atoms with Crippen molar-refractivity contribution in [3.05, 3.63) is 23.2 Å². The van der Waals surface area contributed by atoms with Crippen LogP contribution in [0.1, 0.15) is 34.7 Å². The Labute approximate surface area is 96.8 Å². The van der Waals surface area contributed by atoms with Crippen LogP contribution in [0.5, 0.6) is 0 Å². The molecule has 2 heterocycles. The van der Waals surface area contributed by atoms with Crippen LogP contribution in [0, 0.1) is 6.92 Å². The highest BCUT2D eigenvalue weighted by molar-refractivity contribution is 6.01. The Morgan fingerprint density at radius 2 is 2.00 bits per heavy atom. The Hall–Kier alpha value is -2.11. The van der Waals surface area contributed by atoms with Crippen LogP contribution in [-0.4, -0.2) is 27.8 Å². The molecule has 0 spiro atoms. The number of hydrogen-bond acceptors (Lipinski definition) is 4. The maximum atomic E-state index is 11.4. The van der Waals surface area contributed by atoms with Crippen molar-refractivity contribution in [1.82, 2.24) is 4.90 Å². The van der Waals surface area contributed by atoms with Crippen LogP contribution in [0.2, 0.25) is 0 Å². The molecule has 2 rings (SSSR count). The minimum absolute atomic E-state index is 0.0836. The monoisotopic (exact) mass is 237 g/mol. The number of nitrogens with zero attached hydrogens (tertiary/aromatic N) is 1. The summed E-state index contributed by atoms with van der Waals surface area (Å²) in [5.41, 5.74) is 0.547. The Kier molecular flexibility index (Phi) is 2.71. The van der Waals surface area contributed by atoms with Gasteiger partial charge in [0, 0.05) is 18.4 Å². The molecule has 1 saturated heterocycles. The molecule has 6 heteroatoms. The second kappa shape index (κ2) is 4.04. The number of hydrogen-bond donors (Lipinski definition) is 1. The minimum atomic E-state index is -1.17. The van der Waals surface area contributed by atoms with Gasteiger partial charge in [0.2, 0.25) is 17.6 Å². The maximum absolute atomic E-state index is 11.4. The molecule has 0 aliphatic carbocycles. The number of rotatable bonds is 3. The molecular weight excluding hydrogens is 226 g/mol. The fourth-order valence-corrected chi connectivity index (χ4v) is 1.75. The van der Waals surface area contributed by atoms with Gasteiger partial charge in [0.05, 0.1) is 6.54 Å². The lowest BCUT2D eigenvalue weighted by atomic mass is 10.2. The van der Waals surface area contributed by atoms with E-state index in [4.69, 9.17) is 9.52 Å². The van der Waals surface area contributed by atoms with E-state index >= 15 is 0 Å². The van der Waals surface area contributed by atoms with Gasteiger partial charge in [-0.3, -0.25) is 14.5 Å². The molecule has 2 amide bonds. The number of furan rings is 1. The fraction of sp³-hybridized carbons (Fsp3) is 0.364. The summed E-state index contributed by atoms with van der Waals surface area (Å²) < 4.78 is 5.01. The van der Waals surface area contributed by atoms with Crippen LogP contribution >= 0.6 is 0 Å². The van der Waals surface area contributed by atoms with E-state index in [0.717, 1.165) is 4.90 Å². The summed E-state index contributed by atoms with van der Waals surface area (Å²) in [5.74, 6) is -1.40. The van der Waals surface area contributed by atoms with Crippen LogP contribution in [-0.2, 0) is 16.1 Å². The molecule has 1 aromatic rings. The lowest BCUT2D eigenvalue weighted by molar-refractivity contribution is -0.139. The fourth-order valence-electron chi connectivity index (χ4n) is 1.75. The van der Waals surface area contributed by atoms with Crippen LogP contribution in [0.4, 0.5) is 0 Å². The van der Waals surface area contributed by atoms with E-state index in [1.807, 2.05) is 0 Å². The average molecular weight is 237 g/mol. The largest absolute Gasteiger partial charge is 0.475 e. The number of carbonyl (C=O) groups is 3. The SMILES string of the molecule is Cc1oc(C(=O)O)cc1CN1C(=O)CCC1=O. The van der Waals surface area contributed by atoms with Crippen LogP contribution in [0.15, 0.2) is 10.5 Å². The molecule has 0 saturated carbocycles.